The van der Waals surface area contributed by atoms with E-state index >= 15 is 0 Å². The van der Waals surface area contributed by atoms with E-state index in [1.165, 1.54) is 11.1 Å². The number of hydroxylamine groups is 2. The molecule has 1 aromatic rings. The van der Waals surface area contributed by atoms with Crippen molar-refractivity contribution in [2.75, 3.05) is 26.7 Å². The molecule has 3 saturated heterocycles. The van der Waals surface area contributed by atoms with E-state index in [1.807, 2.05) is 36.9 Å². The summed E-state index contributed by atoms with van der Waals surface area (Å²) in [4.78, 5) is 57.5. The van der Waals surface area contributed by atoms with Gasteiger partial charge in [-0.3, -0.25) is 24.2 Å². The van der Waals surface area contributed by atoms with E-state index in [1.54, 1.807) is 17.2 Å². The van der Waals surface area contributed by atoms with Crippen LogP contribution in [-0.2, 0) is 19.2 Å². The molecule has 3 amide bonds. The number of pyridine rings is 1. The second kappa shape index (κ2) is 11.7. The number of piperidine rings is 1. The highest BCUT2D eigenvalue weighted by Crippen LogP contribution is 2.34. The fraction of sp³-hybridized carbons (Fsp3) is 0.643. The van der Waals surface area contributed by atoms with Gasteiger partial charge in [-0.1, -0.05) is 33.8 Å². The standard InChI is InChI=1S/C28H41N5O4/c1-19(2)15-23-27(35)31(22-10-8-14-30(5)17-22)18-25-32(23)28(36)24(16-20(3)4)37-33(25)26(34)12-11-21-9-6-7-13-29-21/h6-7,9,11-13,19-20,22-25H,8,10,14-18H2,1-5H3/b12-11+/t22?,23-,24+,25-/m0/s1. The third kappa shape index (κ3) is 6.21. The summed E-state index contributed by atoms with van der Waals surface area (Å²) in [5, 5.41) is 1.34. The molecule has 0 radical (unpaired) electrons. The zero-order valence-corrected chi connectivity index (χ0v) is 22.7. The molecule has 0 spiro atoms. The van der Waals surface area contributed by atoms with Crippen LogP contribution >= 0.6 is 0 Å². The Morgan fingerprint density at radius 3 is 2.51 bits per heavy atom. The van der Waals surface area contributed by atoms with Gasteiger partial charge in [0.25, 0.3) is 11.8 Å². The molecule has 0 aromatic carbocycles. The number of likely N-dealkylation sites (N-methyl/N-ethyl adjacent to an activating group) is 1. The highest BCUT2D eigenvalue weighted by Gasteiger charge is 2.53. The van der Waals surface area contributed by atoms with Gasteiger partial charge in [0, 0.05) is 24.9 Å². The molecule has 1 unspecified atom stereocenters. The third-order valence-corrected chi connectivity index (χ3v) is 7.35. The zero-order chi connectivity index (χ0) is 26.7. The van der Waals surface area contributed by atoms with E-state index in [-0.39, 0.29) is 42.1 Å². The average molecular weight is 512 g/mol. The molecule has 0 N–H and O–H groups in total. The lowest BCUT2D eigenvalue weighted by Crippen LogP contribution is -2.75. The number of hydrogen-bond donors (Lipinski definition) is 0. The zero-order valence-electron chi connectivity index (χ0n) is 22.7. The molecular weight excluding hydrogens is 470 g/mol. The minimum absolute atomic E-state index is 0.0137. The van der Waals surface area contributed by atoms with E-state index in [0.717, 1.165) is 25.9 Å². The van der Waals surface area contributed by atoms with E-state index in [4.69, 9.17) is 4.84 Å². The predicted octanol–water partition coefficient (Wildman–Crippen LogP) is 2.79. The maximum atomic E-state index is 13.9. The first-order chi connectivity index (χ1) is 17.7. The highest BCUT2D eigenvalue weighted by molar-refractivity contribution is 5.95. The largest absolute Gasteiger partial charge is 0.333 e. The first-order valence-corrected chi connectivity index (χ1v) is 13.6. The lowest BCUT2D eigenvalue weighted by atomic mass is 9.93. The lowest BCUT2D eigenvalue weighted by molar-refractivity contribution is -0.275. The number of carbonyl (C=O) groups is 3. The molecule has 4 atom stereocenters. The van der Waals surface area contributed by atoms with Crippen LogP contribution in [0.25, 0.3) is 6.08 Å². The van der Waals surface area contributed by atoms with Crippen LogP contribution < -0.4 is 0 Å². The number of piperazine rings is 1. The molecule has 202 valence electrons. The molecule has 0 saturated carbocycles. The van der Waals surface area contributed by atoms with Crippen molar-refractivity contribution in [1.82, 2.24) is 24.7 Å². The minimum atomic E-state index is -0.807. The van der Waals surface area contributed by atoms with Gasteiger partial charge in [0.1, 0.15) is 6.04 Å². The number of rotatable bonds is 7. The van der Waals surface area contributed by atoms with Crippen molar-refractivity contribution >= 4 is 23.8 Å². The molecule has 4 heterocycles. The second-order valence-electron chi connectivity index (χ2n) is 11.4. The Hall–Kier alpha value is -2.78. The molecule has 1 aromatic heterocycles. The van der Waals surface area contributed by atoms with Crippen LogP contribution in [0.2, 0.25) is 0 Å². The summed E-state index contributed by atoms with van der Waals surface area (Å²) >= 11 is 0. The summed E-state index contributed by atoms with van der Waals surface area (Å²) in [7, 11) is 2.07. The number of aromatic nitrogens is 1. The van der Waals surface area contributed by atoms with Crippen LogP contribution in [0.3, 0.4) is 0 Å². The fourth-order valence-electron chi connectivity index (χ4n) is 5.64. The number of carbonyl (C=O) groups excluding carboxylic acids is 3. The summed E-state index contributed by atoms with van der Waals surface area (Å²) in [5.41, 5.74) is 0.655. The number of fused-ring (bicyclic) bond motifs is 1. The lowest BCUT2D eigenvalue weighted by Gasteiger charge is -2.55. The normalized spacial score (nSPS) is 27.5. The summed E-state index contributed by atoms with van der Waals surface area (Å²) in [5.74, 6) is -0.183. The van der Waals surface area contributed by atoms with E-state index in [2.05, 4.69) is 30.8 Å². The molecule has 0 bridgehead atoms. The number of nitrogens with zero attached hydrogens (tertiary/aromatic N) is 5. The van der Waals surface area contributed by atoms with Gasteiger partial charge in [0.2, 0.25) is 5.91 Å². The van der Waals surface area contributed by atoms with Gasteiger partial charge in [-0.05, 0) is 69.3 Å². The van der Waals surface area contributed by atoms with Crippen molar-refractivity contribution in [3.63, 3.8) is 0 Å². The Bertz CT molecular complexity index is 998. The van der Waals surface area contributed by atoms with Gasteiger partial charge in [-0.25, -0.2) is 0 Å². The van der Waals surface area contributed by atoms with Crippen LogP contribution in [0.4, 0.5) is 0 Å². The Morgan fingerprint density at radius 1 is 1.11 bits per heavy atom. The summed E-state index contributed by atoms with van der Waals surface area (Å²) < 4.78 is 0. The number of hydrogen-bond acceptors (Lipinski definition) is 6. The highest BCUT2D eigenvalue weighted by atomic mass is 16.7. The van der Waals surface area contributed by atoms with Crippen molar-refractivity contribution in [2.24, 2.45) is 11.8 Å². The maximum Gasteiger partial charge on any atom is 0.272 e. The van der Waals surface area contributed by atoms with E-state index in [9.17, 15) is 14.4 Å². The van der Waals surface area contributed by atoms with Crippen LogP contribution in [0.5, 0.6) is 0 Å². The Kier molecular flexibility index (Phi) is 8.64. The molecule has 4 rings (SSSR count). The number of likely N-dealkylation sites (tertiary alicyclic amines) is 1. The number of amides is 3. The van der Waals surface area contributed by atoms with Crippen molar-refractivity contribution in [1.29, 1.82) is 0 Å². The quantitative estimate of drug-likeness (QED) is 0.524. The topological polar surface area (TPSA) is 86.3 Å². The Labute approximate surface area is 220 Å². The molecule has 3 aliphatic heterocycles. The predicted molar refractivity (Wildman–Crippen MR) is 141 cm³/mol. The second-order valence-corrected chi connectivity index (χ2v) is 11.4. The van der Waals surface area contributed by atoms with Crippen molar-refractivity contribution in [3.05, 3.63) is 36.2 Å². The van der Waals surface area contributed by atoms with E-state index in [0.29, 0.717) is 18.5 Å². The average Bonchev–Trinajstić information content (AvgIpc) is 2.85. The Balaban J connectivity index is 1.69. The van der Waals surface area contributed by atoms with Crippen molar-refractivity contribution < 1.29 is 19.2 Å². The molecular formula is C28H41N5O4. The maximum absolute atomic E-state index is 13.9. The third-order valence-electron chi connectivity index (χ3n) is 7.35. The van der Waals surface area contributed by atoms with E-state index < -0.39 is 18.3 Å². The van der Waals surface area contributed by atoms with Crippen LogP contribution in [0.15, 0.2) is 30.5 Å². The van der Waals surface area contributed by atoms with Gasteiger partial charge in [0.05, 0.1) is 12.2 Å². The molecule has 3 fully saturated rings. The SMILES string of the molecule is CC(C)C[C@H]1ON(C(=O)/C=C/c2ccccn2)[C@H]2CN(C3CCCN(C)C3)C(=O)[C@H](CC(C)C)N2C1=O. The van der Waals surface area contributed by atoms with Crippen LogP contribution in [-0.4, -0.2) is 93.5 Å². The van der Waals surface area contributed by atoms with Gasteiger partial charge in [-0.15, -0.1) is 0 Å². The smallest absolute Gasteiger partial charge is 0.272 e. The summed E-state index contributed by atoms with van der Waals surface area (Å²) in [6, 6.07) is 4.92. The van der Waals surface area contributed by atoms with Crippen LogP contribution in [0, 0.1) is 11.8 Å². The first-order valence-electron chi connectivity index (χ1n) is 13.6. The molecule has 3 aliphatic rings. The molecule has 0 aliphatic carbocycles. The molecule has 9 heteroatoms. The Morgan fingerprint density at radius 2 is 1.86 bits per heavy atom. The fourth-order valence-corrected chi connectivity index (χ4v) is 5.64. The van der Waals surface area contributed by atoms with Crippen molar-refractivity contribution in [2.45, 2.75) is 77.7 Å². The first kappa shape index (κ1) is 27.3. The van der Waals surface area contributed by atoms with Gasteiger partial charge in [0.15, 0.2) is 12.3 Å². The van der Waals surface area contributed by atoms with Crippen molar-refractivity contribution in [3.8, 4) is 0 Å². The van der Waals surface area contributed by atoms with Gasteiger partial charge < -0.3 is 14.7 Å². The summed E-state index contributed by atoms with van der Waals surface area (Å²) in [6.45, 7) is 10.2. The minimum Gasteiger partial charge on any atom is -0.333 e. The van der Waals surface area contributed by atoms with Gasteiger partial charge in [-0.2, -0.15) is 5.06 Å². The van der Waals surface area contributed by atoms with Gasteiger partial charge >= 0.3 is 0 Å². The van der Waals surface area contributed by atoms with Crippen LogP contribution in [0.1, 0.15) is 59.1 Å². The molecule has 37 heavy (non-hydrogen) atoms. The summed E-state index contributed by atoms with van der Waals surface area (Å²) in [6.07, 6.45) is 6.21. The monoisotopic (exact) mass is 511 g/mol. The molecule has 9 nitrogen and oxygen atoms in total.